The minimum atomic E-state index is -1.10. The Bertz CT molecular complexity index is 444. The highest BCUT2D eigenvalue weighted by Gasteiger charge is 2.25. The van der Waals surface area contributed by atoms with Gasteiger partial charge in [0.15, 0.2) is 6.04 Å². The Morgan fingerprint density at radius 1 is 1.58 bits per heavy atom. The van der Waals surface area contributed by atoms with E-state index in [2.05, 4.69) is 10.4 Å². The smallest absolute Gasteiger partial charge is 0.331 e. The van der Waals surface area contributed by atoms with E-state index < -0.39 is 12.0 Å². The predicted molar refractivity (Wildman–Crippen MR) is 69.2 cm³/mol. The number of amides is 1. The largest absolute Gasteiger partial charge is 0.479 e. The first-order valence-corrected chi connectivity index (χ1v) is 6.17. The molecular weight excluding hydrogens is 248 g/mol. The molecule has 0 bridgehead atoms. The van der Waals surface area contributed by atoms with Crippen LogP contribution < -0.4 is 11.1 Å². The standard InChI is InChI=1S/C12H20N4O3/c1-8(4-3-5-13)11(17)15-10(12(18)19)9-6-14-16(2)7-9/h6-8,10H,3-5,13H2,1-2H3,(H,15,17)(H,18,19). The van der Waals surface area contributed by atoms with Crippen LogP contribution in [0.2, 0.25) is 0 Å². The van der Waals surface area contributed by atoms with Crippen LogP contribution in [0.1, 0.15) is 31.4 Å². The summed E-state index contributed by atoms with van der Waals surface area (Å²) in [6, 6.07) is -1.07. The molecule has 1 heterocycles. The van der Waals surface area contributed by atoms with Crippen LogP contribution in [-0.2, 0) is 16.6 Å². The number of rotatable bonds is 7. The Hall–Kier alpha value is -1.89. The first-order chi connectivity index (χ1) is 8.95. The lowest BCUT2D eigenvalue weighted by molar-refractivity contribution is -0.142. The van der Waals surface area contributed by atoms with Gasteiger partial charge in [0.05, 0.1) is 6.20 Å². The van der Waals surface area contributed by atoms with E-state index in [1.807, 2.05) is 0 Å². The molecule has 4 N–H and O–H groups in total. The van der Waals surface area contributed by atoms with Gasteiger partial charge < -0.3 is 16.2 Å². The van der Waals surface area contributed by atoms with Gasteiger partial charge in [-0.25, -0.2) is 4.79 Å². The number of nitrogens with zero attached hydrogens (tertiary/aromatic N) is 2. The number of nitrogens with one attached hydrogen (secondary N) is 1. The van der Waals surface area contributed by atoms with Crippen molar-refractivity contribution in [3.63, 3.8) is 0 Å². The number of carboxylic acid groups (broad SMARTS) is 1. The van der Waals surface area contributed by atoms with E-state index in [1.165, 1.54) is 10.9 Å². The van der Waals surface area contributed by atoms with Crippen LogP contribution in [0.3, 0.4) is 0 Å². The highest BCUT2D eigenvalue weighted by molar-refractivity contribution is 5.85. The van der Waals surface area contributed by atoms with Crippen molar-refractivity contribution < 1.29 is 14.7 Å². The minimum Gasteiger partial charge on any atom is -0.479 e. The molecule has 2 atom stereocenters. The van der Waals surface area contributed by atoms with Crippen molar-refractivity contribution in [1.29, 1.82) is 0 Å². The first kappa shape index (κ1) is 15.2. The van der Waals surface area contributed by atoms with E-state index in [4.69, 9.17) is 5.73 Å². The summed E-state index contributed by atoms with van der Waals surface area (Å²) < 4.78 is 1.50. The molecule has 0 saturated carbocycles. The number of carbonyl (C=O) groups is 2. The zero-order valence-electron chi connectivity index (χ0n) is 11.2. The Morgan fingerprint density at radius 2 is 2.26 bits per heavy atom. The molecule has 0 aliphatic heterocycles. The van der Waals surface area contributed by atoms with E-state index >= 15 is 0 Å². The van der Waals surface area contributed by atoms with E-state index in [0.29, 0.717) is 18.5 Å². The van der Waals surface area contributed by atoms with Gasteiger partial charge in [0.1, 0.15) is 0 Å². The van der Waals surface area contributed by atoms with Crippen LogP contribution in [0.5, 0.6) is 0 Å². The normalized spacial score (nSPS) is 13.8. The van der Waals surface area contributed by atoms with E-state index in [9.17, 15) is 14.7 Å². The van der Waals surface area contributed by atoms with Crippen molar-refractivity contribution in [3.8, 4) is 0 Å². The van der Waals surface area contributed by atoms with Crippen molar-refractivity contribution in [2.24, 2.45) is 18.7 Å². The molecule has 19 heavy (non-hydrogen) atoms. The topological polar surface area (TPSA) is 110 Å². The lowest BCUT2D eigenvalue weighted by atomic mass is 10.0. The molecule has 1 rings (SSSR count). The lowest BCUT2D eigenvalue weighted by Crippen LogP contribution is -2.37. The summed E-state index contributed by atoms with van der Waals surface area (Å²) in [5.41, 5.74) is 5.84. The maximum atomic E-state index is 11.9. The van der Waals surface area contributed by atoms with Gasteiger partial charge in [-0.2, -0.15) is 5.10 Å². The zero-order chi connectivity index (χ0) is 14.4. The molecule has 0 saturated heterocycles. The summed E-state index contributed by atoms with van der Waals surface area (Å²) in [4.78, 5) is 23.1. The summed E-state index contributed by atoms with van der Waals surface area (Å²) in [5.74, 6) is -1.65. The molecule has 0 radical (unpaired) electrons. The van der Waals surface area contributed by atoms with Gasteiger partial charge in [-0.3, -0.25) is 9.48 Å². The summed E-state index contributed by atoms with van der Waals surface area (Å²) >= 11 is 0. The van der Waals surface area contributed by atoms with Crippen LogP contribution in [0.15, 0.2) is 12.4 Å². The number of aryl methyl sites for hydroxylation is 1. The Kier molecular flexibility index (Phi) is 5.50. The van der Waals surface area contributed by atoms with Crippen molar-refractivity contribution >= 4 is 11.9 Å². The number of aromatic nitrogens is 2. The monoisotopic (exact) mass is 268 g/mol. The lowest BCUT2D eigenvalue weighted by Gasteiger charge is -2.16. The molecule has 1 aromatic heterocycles. The second-order valence-corrected chi connectivity index (χ2v) is 4.56. The van der Waals surface area contributed by atoms with E-state index in [1.54, 1.807) is 20.2 Å². The molecule has 7 heteroatoms. The molecule has 2 unspecified atom stereocenters. The molecule has 1 aromatic rings. The number of aliphatic carboxylic acids is 1. The minimum absolute atomic E-state index is 0.262. The van der Waals surface area contributed by atoms with Gasteiger partial charge in [-0.15, -0.1) is 0 Å². The SMILES string of the molecule is CC(CCCN)C(=O)NC(C(=O)O)c1cnn(C)c1. The molecule has 0 aromatic carbocycles. The predicted octanol–water partition coefficient (Wildman–Crippen LogP) is 0.0370. The van der Waals surface area contributed by atoms with Gasteiger partial charge in [0.25, 0.3) is 0 Å². The number of nitrogens with two attached hydrogens (primary N) is 1. The molecule has 0 aliphatic carbocycles. The molecule has 0 aliphatic rings. The molecular formula is C12H20N4O3. The fraction of sp³-hybridized carbons (Fsp3) is 0.583. The molecule has 0 fully saturated rings. The van der Waals surface area contributed by atoms with E-state index in [-0.39, 0.29) is 11.8 Å². The van der Waals surface area contributed by atoms with Crippen molar-refractivity contribution in [2.75, 3.05) is 6.54 Å². The summed E-state index contributed by atoms with van der Waals surface area (Å²) in [5, 5.41) is 15.6. The second kappa shape index (κ2) is 6.89. The van der Waals surface area contributed by atoms with Crippen molar-refractivity contribution in [1.82, 2.24) is 15.1 Å². The third-order valence-corrected chi connectivity index (χ3v) is 2.88. The van der Waals surface area contributed by atoms with Crippen LogP contribution in [0, 0.1) is 5.92 Å². The Labute approximate surface area is 111 Å². The van der Waals surface area contributed by atoms with Crippen molar-refractivity contribution in [2.45, 2.75) is 25.8 Å². The Balaban J connectivity index is 2.69. The number of carboxylic acids is 1. The highest BCUT2D eigenvalue weighted by Crippen LogP contribution is 2.14. The fourth-order valence-electron chi connectivity index (χ4n) is 1.72. The van der Waals surface area contributed by atoms with Crippen LogP contribution in [0.25, 0.3) is 0 Å². The Morgan fingerprint density at radius 3 is 2.74 bits per heavy atom. The molecule has 0 spiro atoms. The second-order valence-electron chi connectivity index (χ2n) is 4.56. The van der Waals surface area contributed by atoms with Gasteiger partial charge in [-0.05, 0) is 19.4 Å². The van der Waals surface area contributed by atoms with Crippen molar-refractivity contribution in [3.05, 3.63) is 18.0 Å². The van der Waals surface area contributed by atoms with Crippen LogP contribution in [-0.4, -0.2) is 33.3 Å². The van der Waals surface area contributed by atoms with Gasteiger partial charge in [0.2, 0.25) is 5.91 Å². The summed E-state index contributed by atoms with van der Waals surface area (Å²) in [6.07, 6.45) is 4.38. The maximum absolute atomic E-state index is 11.9. The van der Waals surface area contributed by atoms with Gasteiger partial charge >= 0.3 is 5.97 Å². The van der Waals surface area contributed by atoms with Crippen LogP contribution in [0.4, 0.5) is 0 Å². The van der Waals surface area contributed by atoms with Gasteiger partial charge in [0, 0.05) is 24.7 Å². The number of hydrogen-bond donors (Lipinski definition) is 3. The quantitative estimate of drug-likeness (QED) is 0.646. The van der Waals surface area contributed by atoms with E-state index in [0.717, 1.165) is 6.42 Å². The molecule has 106 valence electrons. The molecule has 1 amide bonds. The zero-order valence-corrected chi connectivity index (χ0v) is 11.2. The fourth-order valence-corrected chi connectivity index (χ4v) is 1.72. The highest BCUT2D eigenvalue weighted by atomic mass is 16.4. The molecule has 7 nitrogen and oxygen atoms in total. The van der Waals surface area contributed by atoms with Crippen LogP contribution >= 0.6 is 0 Å². The third-order valence-electron chi connectivity index (χ3n) is 2.88. The van der Waals surface area contributed by atoms with Gasteiger partial charge in [-0.1, -0.05) is 6.92 Å². The maximum Gasteiger partial charge on any atom is 0.331 e. The number of carbonyl (C=O) groups excluding carboxylic acids is 1. The first-order valence-electron chi connectivity index (χ1n) is 6.17. The number of hydrogen-bond acceptors (Lipinski definition) is 4. The third kappa shape index (κ3) is 4.36. The summed E-state index contributed by atoms with van der Waals surface area (Å²) in [6.45, 7) is 2.27. The average molecular weight is 268 g/mol. The summed E-state index contributed by atoms with van der Waals surface area (Å²) in [7, 11) is 1.69. The average Bonchev–Trinajstić information content (AvgIpc) is 2.78.